The van der Waals surface area contributed by atoms with E-state index in [0.29, 0.717) is 6.61 Å². The zero-order chi connectivity index (χ0) is 10.4. The highest BCUT2D eigenvalue weighted by molar-refractivity contribution is 7.98. The Morgan fingerprint density at radius 1 is 1.36 bits per heavy atom. The predicted octanol–water partition coefficient (Wildman–Crippen LogP) is 1.83. The summed E-state index contributed by atoms with van der Waals surface area (Å²) in [5.74, 6) is 1.19. The molecular weight excluding hydrogens is 194 g/mol. The van der Waals surface area contributed by atoms with Crippen molar-refractivity contribution in [3.8, 4) is 0 Å². The summed E-state index contributed by atoms with van der Waals surface area (Å²) in [6.45, 7) is 2.59. The van der Waals surface area contributed by atoms with Crippen LogP contribution in [0.3, 0.4) is 0 Å². The maximum Gasteiger partial charge on any atom is 0.0499 e. The van der Waals surface area contributed by atoms with E-state index in [1.807, 2.05) is 11.8 Å². The van der Waals surface area contributed by atoms with E-state index in [2.05, 4.69) is 18.2 Å². The molecule has 0 spiro atoms. The van der Waals surface area contributed by atoms with Crippen molar-refractivity contribution < 1.29 is 5.11 Å². The zero-order valence-electron chi connectivity index (χ0n) is 9.46. The molecule has 14 heavy (non-hydrogen) atoms. The van der Waals surface area contributed by atoms with E-state index in [4.69, 9.17) is 0 Å². The Balaban J connectivity index is 2.32. The second-order valence-electron chi connectivity index (χ2n) is 4.60. The molecule has 0 aromatic carbocycles. The molecule has 2 nitrogen and oxygen atoms in total. The Bertz CT molecular complexity index is 157. The van der Waals surface area contributed by atoms with Crippen LogP contribution in [0.15, 0.2) is 0 Å². The Morgan fingerprint density at radius 3 is 2.50 bits per heavy atom. The summed E-state index contributed by atoms with van der Waals surface area (Å²) in [5, 5.41) is 9.46. The Hall–Kier alpha value is 0.270. The van der Waals surface area contributed by atoms with Crippen LogP contribution in [0.25, 0.3) is 0 Å². The van der Waals surface area contributed by atoms with Crippen LogP contribution in [0.4, 0.5) is 0 Å². The van der Waals surface area contributed by atoms with Gasteiger partial charge in [-0.1, -0.05) is 12.8 Å². The molecule has 0 aromatic rings. The van der Waals surface area contributed by atoms with Gasteiger partial charge in [0, 0.05) is 30.9 Å². The van der Waals surface area contributed by atoms with Gasteiger partial charge in [-0.05, 0) is 26.1 Å². The summed E-state index contributed by atoms with van der Waals surface area (Å²) in [6, 6.07) is 0. The number of aliphatic hydroxyl groups is 1. The molecule has 84 valence electrons. The predicted molar refractivity (Wildman–Crippen MR) is 63.9 cm³/mol. The average molecular weight is 217 g/mol. The van der Waals surface area contributed by atoms with E-state index < -0.39 is 0 Å². The Labute approximate surface area is 92.1 Å². The van der Waals surface area contributed by atoms with Gasteiger partial charge in [0.1, 0.15) is 0 Å². The van der Waals surface area contributed by atoms with Gasteiger partial charge in [0.2, 0.25) is 0 Å². The molecule has 0 amide bonds. The topological polar surface area (TPSA) is 23.5 Å². The fourth-order valence-corrected chi connectivity index (χ4v) is 2.88. The van der Waals surface area contributed by atoms with Crippen LogP contribution in [0.1, 0.15) is 25.7 Å². The summed E-state index contributed by atoms with van der Waals surface area (Å²) in [6.07, 6.45) is 7.18. The number of aliphatic hydroxyl groups excluding tert-OH is 1. The summed E-state index contributed by atoms with van der Waals surface area (Å²) >= 11 is 1.89. The third-order valence-corrected chi connectivity index (χ3v) is 3.87. The molecule has 0 bridgehead atoms. The van der Waals surface area contributed by atoms with E-state index in [9.17, 15) is 5.11 Å². The molecule has 1 rings (SSSR count). The lowest BCUT2D eigenvalue weighted by molar-refractivity contribution is 0.0914. The van der Waals surface area contributed by atoms with Crippen molar-refractivity contribution in [1.29, 1.82) is 0 Å². The first-order valence-electron chi connectivity index (χ1n) is 5.51. The van der Waals surface area contributed by atoms with E-state index in [1.165, 1.54) is 31.4 Å². The van der Waals surface area contributed by atoms with Gasteiger partial charge in [0.25, 0.3) is 0 Å². The number of nitrogens with zero attached hydrogens (tertiary/aromatic N) is 1. The summed E-state index contributed by atoms with van der Waals surface area (Å²) in [4.78, 5) is 2.37. The third-order valence-electron chi connectivity index (χ3n) is 3.28. The molecule has 1 N–H and O–H groups in total. The minimum atomic E-state index is 0.229. The Morgan fingerprint density at radius 2 is 2.00 bits per heavy atom. The summed E-state index contributed by atoms with van der Waals surface area (Å²) in [7, 11) is 2.17. The lowest BCUT2D eigenvalue weighted by Crippen LogP contribution is -2.37. The maximum absolute atomic E-state index is 9.46. The van der Waals surface area contributed by atoms with Gasteiger partial charge >= 0.3 is 0 Å². The van der Waals surface area contributed by atoms with Crippen molar-refractivity contribution >= 4 is 11.8 Å². The first-order valence-corrected chi connectivity index (χ1v) is 6.90. The second-order valence-corrected chi connectivity index (χ2v) is 5.58. The monoisotopic (exact) mass is 217 g/mol. The van der Waals surface area contributed by atoms with E-state index in [-0.39, 0.29) is 5.41 Å². The molecule has 1 aliphatic rings. The minimum Gasteiger partial charge on any atom is -0.396 e. The quantitative estimate of drug-likeness (QED) is 0.734. The number of thioether (sulfide) groups is 1. The lowest BCUT2D eigenvalue weighted by Gasteiger charge is -2.31. The largest absolute Gasteiger partial charge is 0.396 e. The normalized spacial score (nSPS) is 20.6. The molecule has 0 radical (unpaired) electrons. The van der Waals surface area contributed by atoms with Crippen LogP contribution >= 0.6 is 11.8 Å². The van der Waals surface area contributed by atoms with Gasteiger partial charge in [-0.2, -0.15) is 11.8 Å². The molecule has 0 unspecified atom stereocenters. The van der Waals surface area contributed by atoms with Crippen molar-refractivity contribution in [2.75, 3.05) is 38.8 Å². The number of rotatable bonds is 6. The van der Waals surface area contributed by atoms with Gasteiger partial charge in [0.15, 0.2) is 0 Å². The van der Waals surface area contributed by atoms with Crippen LogP contribution in [0.5, 0.6) is 0 Å². The highest BCUT2D eigenvalue weighted by Gasteiger charge is 2.33. The lowest BCUT2D eigenvalue weighted by atomic mass is 9.87. The standard InChI is InChI=1S/C11H23NOS/c1-12(7-8-14-2)9-11(10-13)5-3-4-6-11/h13H,3-10H2,1-2H3. The molecule has 1 aliphatic carbocycles. The van der Waals surface area contributed by atoms with Crippen molar-refractivity contribution in [1.82, 2.24) is 4.90 Å². The molecular formula is C11H23NOS. The van der Waals surface area contributed by atoms with Crippen molar-refractivity contribution in [3.05, 3.63) is 0 Å². The highest BCUT2D eigenvalue weighted by Crippen LogP contribution is 2.38. The molecule has 0 aliphatic heterocycles. The number of hydrogen-bond donors (Lipinski definition) is 1. The minimum absolute atomic E-state index is 0.229. The Kier molecular flexibility index (Phi) is 5.28. The van der Waals surface area contributed by atoms with Gasteiger partial charge in [-0.25, -0.2) is 0 Å². The van der Waals surface area contributed by atoms with Crippen LogP contribution in [0.2, 0.25) is 0 Å². The molecule has 0 atom stereocenters. The van der Waals surface area contributed by atoms with Crippen LogP contribution in [-0.2, 0) is 0 Å². The van der Waals surface area contributed by atoms with Gasteiger partial charge in [-0.15, -0.1) is 0 Å². The highest BCUT2D eigenvalue weighted by atomic mass is 32.2. The van der Waals surface area contributed by atoms with Crippen LogP contribution in [-0.4, -0.2) is 48.8 Å². The smallest absolute Gasteiger partial charge is 0.0499 e. The molecule has 0 aromatic heterocycles. The van der Waals surface area contributed by atoms with E-state index >= 15 is 0 Å². The van der Waals surface area contributed by atoms with E-state index in [1.54, 1.807) is 0 Å². The fourth-order valence-electron chi connectivity index (χ4n) is 2.39. The summed E-state index contributed by atoms with van der Waals surface area (Å²) in [5.41, 5.74) is 0.229. The molecule has 3 heteroatoms. The molecule has 1 saturated carbocycles. The third kappa shape index (κ3) is 3.44. The molecule has 1 fully saturated rings. The van der Waals surface area contributed by atoms with E-state index in [0.717, 1.165) is 13.1 Å². The first-order chi connectivity index (χ1) is 6.72. The maximum atomic E-state index is 9.46. The summed E-state index contributed by atoms with van der Waals surface area (Å²) < 4.78 is 0. The molecule has 0 saturated heterocycles. The van der Waals surface area contributed by atoms with Gasteiger partial charge in [0.05, 0.1) is 0 Å². The van der Waals surface area contributed by atoms with Gasteiger partial charge < -0.3 is 10.0 Å². The van der Waals surface area contributed by atoms with Crippen LogP contribution in [0, 0.1) is 5.41 Å². The average Bonchev–Trinajstić information content (AvgIpc) is 2.64. The zero-order valence-corrected chi connectivity index (χ0v) is 10.3. The number of hydrogen-bond acceptors (Lipinski definition) is 3. The van der Waals surface area contributed by atoms with Crippen molar-refractivity contribution in [2.24, 2.45) is 5.41 Å². The second kappa shape index (κ2) is 5.99. The van der Waals surface area contributed by atoms with Crippen LogP contribution < -0.4 is 0 Å². The van der Waals surface area contributed by atoms with Crippen molar-refractivity contribution in [3.63, 3.8) is 0 Å². The van der Waals surface area contributed by atoms with Crippen molar-refractivity contribution in [2.45, 2.75) is 25.7 Å². The SMILES string of the molecule is CSCCN(C)CC1(CO)CCCC1. The fraction of sp³-hybridized carbons (Fsp3) is 1.00. The first kappa shape index (κ1) is 12.3. The molecule has 0 heterocycles. The van der Waals surface area contributed by atoms with Gasteiger partial charge in [-0.3, -0.25) is 0 Å².